The summed E-state index contributed by atoms with van der Waals surface area (Å²) >= 11 is 0. The van der Waals surface area contributed by atoms with Crippen LogP contribution in [0.15, 0.2) is 23.1 Å². The van der Waals surface area contributed by atoms with Crippen molar-refractivity contribution in [3.63, 3.8) is 0 Å². The van der Waals surface area contributed by atoms with Crippen molar-refractivity contribution in [3.05, 3.63) is 24.0 Å². The molecular formula is C10H13FN2O4S. The highest BCUT2D eigenvalue weighted by Gasteiger charge is 2.37. The molecule has 1 aromatic rings. The summed E-state index contributed by atoms with van der Waals surface area (Å²) in [4.78, 5) is -0.164. The standard InChI is InChI=1S/C10H13FN2O4S/c11-7-2-1-6(3-8(7)12)18(16,17)13-4-9(14)10(15)5-13/h1-3,9-10,14-15H,4-5,12H2/t9-,10+. The highest BCUT2D eigenvalue weighted by atomic mass is 32.2. The molecule has 1 saturated heterocycles. The van der Waals surface area contributed by atoms with Crippen molar-refractivity contribution in [2.45, 2.75) is 17.1 Å². The molecule has 1 fully saturated rings. The Morgan fingerprint density at radius 1 is 1.28 bits per heavy atom. The molecule has 6 nitrogen and oxygen atoms in total. The number of nitrogen functional groups attached to an aromatic ring is 1. The van der Waals surface area contributed by atoms with E-state index in [4.69, 9.17) is 5.73 Å². The van der Waals surface area contributed by atoms with E-state index in [2.05, 4.69) is 0 Å². The number of nitrogens with two attached hydrogens (primary N) is 1. The average Bonchev–Trinajstić information content (AvgIpc) is 2.64. The number of nitrogens with zero attached hydrogens (tertiary/aromatic N) is 1. The van der Waals surface area contributed by atoms with Gasteiger partial charge in [0.1, 0.15) is 5.82 Å². The molecule has 0 radical (unpaired) electrons. The minimum atomic E-state index is -3.88. The number of aliphatic hydroxyl groups excluding tert-OH is 2. The number of hydrogen-bond donors (Lipinski definition) is 3. The van der Waals surface area contributed by atoms with E-state index in [0.29, 0.717) is 0 Å². The Labute approximate surface area is 103 Å². The second-order valence-electron chi connectivity index (χ2n) is 4.14. The molecule has 0 amide bonds. The lowest BCUT2D eigenvalue weighted by molar-refractivity contribution is 0.0572. The summed E-state index contributed by atoms with van der Waals surface area (Å²) in [5.41, 5.74) is 5.05. The van der Waals surface area contributed by atoms with Gasteiger partial charge < -0.3 is 15.9 Å². The van der Waals surface area contributed by atoms with Crippen molar-refractivity contribution >= 4 is 15.7 Å². The van der Waals surface area contributed by atoms with Crippen LogP contribution in [0.4, 0.5) is 10.1 Å². The maximum Gasteiger partial charge on any atom is 0.243 e. The van der Waals surface area contributed by atoms with Crippen LogP contribution in [0.5, 0.6) is 0 Å². The maximum atomic E-state index is 13.0. The lowest BCUT2D eigenvalue weighted by Crippen LogP contribution is -2.30. The Hall–Kier alpha value is -1.22. The molecule has 4 N–H and O–H groups in total. The third-order valence-corrected chi connectivity index (χ3v) is 4.66. The minimum Gasteiger partial charge on any atom is -0.396 e. The predicted molar refractivity (Wildman–Crippen MR) is 61.6 cm³/mol. The van der Waals surface area contributed by atoms with Gasteiger partial charge in [-0.2, -0.15) is 4.31 Å². The first kappa shape index (κ1) is 13.2. The maximum absolute atomic E-state index is 13.0. The lowest BCUT2D eigenvalue weighted by Gasteiger charge is -2.15. The second kappa shape index (κ2) is 4.47. The fourth-order valence-corrected chi connectivity index (χ4v) is 3.27. The van der Waals surface area contributed by atoms with Gasteiger partial charge in [0.2, 0.25) is 10.0 Å². The molecule has 1 heterocycles. The van der Waals surface area contributed by atoms with Crippen LogP contribution in [-0.4, -0.2) is 48.2 Å². The van der Waals surface area contributed by atoms with Crippen LogP contribution in [-0.2, 0) is 10.0 Å². The third-order valence-electron chi connectivity index (χ3n) is 2.83. The van der Waals surface area contributed by atoms with Crippen molar-refractivity contribution in [1.29, 1.82) is 0 Å². The molecule has 2 atom stereocenters. The lowest BCUT2D eigenvalue weighted by atomic mass is 10.3. The molecule has 0 saturated carbocycles. The number of hydrogen-bond acceptors (Lipinski definition) is 5. The second-order valence-corrected chi connectivity index (χ2v) is 6.08. The molecular weight excluding hydrogens is 263 g/mol. The fourth-order valence-electron chi connectivity index (χ4n) is 1.76. The number of aliphatic hydroxyl groups is 2. The number of benzene rings is 1. The Morgan fingerprint density at radius 2 is 1.83 bits per heavy atom. The van der Waals surface area contributed by atoms with E-state index in [1.807, 2.05) is 0 Å². The van der Waals surface area contributed by atoms with Crippen molar-refractivity contribution in [1.82, 2.24) is 4.31 Å². The van der Waals surface area contributed by atoms with Crippen LogP contribution >= 0.6 is 0 Å². The van der Waals surface area contributed by atoms with E-state index in [1.165, 1.54) is 0 Å². The normalized spacial score (nSPS) is 25.5. The molecule has 1 aliphatic heterocycles. The van der Waals surface area contributed by atoms with Gasteiger partial charge in [0.25, 0.3) is 0 Å². The van der Waals surface area contributed by atoms with Crippen molar-refractivity contribution in [3.8, 4) is 0 Å². The van der Waals surface area contributed by atoms with Crippen LogP contribution in [0.25, 0.3) is 0 Å². The highest BCUT2D eigenvalue weighted by Crippen LogP contribution is 2.23. The molecule has 0 spiro atoms. The van der Waals surface area contributed by atoms with Gasteiger partial charge in [-0.3, -0.25) is 0 Å². The van der Waals surface area contributed by atoms with E-state index >= 15 is 0 Å². The Morgan fingerprint density at radius 3 is 2.33 bits per heavy atom. The zero-order chi connectivity index (χ0) is 13.5. The zero-order valence-corrected chi connectivity index (χ0v) is 10.1. The van der Waals surface area contributed by atoms with E-state index in [1.54, 1.807) is 0 Å². The van der Waals surface area contributed by atoms with Crippen LogP contribution in [0.1, 0.15) is 0 Å². The summed E-state index contributed by atoms with van der Waals surface area (Å²) in [5, 5.41) is 18.7. The topological polar surface area (TPSA) is 104 Å². The van der Waals surface area contributed by atoms with Gasteiger partial charge in [-0.15, -0.1) is 0 Å². The molecule has 18 heavy (non-hydrogen) atoms. The van der Waals surface area contributed by atoms with Crippen LogP contribution in [0.3, 0.4) is 0 Å². The van der Waals surface area contributed by atoms with Crippen LogP contribution < -0.4 is 5.73 Å². The Bertz CT molecular complexity index is 553. The number of sulfonamides is 1. The number of halogens is 1. The quantitative estimate of drug-likeness (QED) is 0.609. The van der Waals surface area contributed by atoms with Crippen molar-refractivity contribution < 1.29 is 23.0 Å². The number of rotatable bonds is 2. The number of anilines is 1. The summed E-state index contributed by atoms with van der Waals surface area (Å²) in [6, 6.07) is 3.07. The molecule has 100 valence electrons. The molecule has 0 unspecified atom stereocenters. The molecule has 0 aliphatic carbocycles. The number of β-amino-alcohol motifs (C(OH)–C–C–N with tert-alkyl or cyclic N) is 2. The van der Waals surface area contributed by atoms with Gasteiger partial charge in [0.15, 0.2) is 0 Å². The Balaban J connectivity index is 2.34. The fraction of sp³-hybridized carbons (Fsp3) is 0.400. The molecule has 0 aromatic heterocycles. The van der Waals surface area contributed by atoms with Crippen LogP contribution in [0.2, 0.25) is 0 Å². The summed E-state index contributed by atoms with van der Waals surface area (Å²) in [6.07, 6.45) is -2.23. The van der Waals surface area contributed by atoms with Gasteiger partial charge in [-0.1, -0.05) is 0 Å². The van der Waals surface area contributed by atoms with E-state index in [-0.39, 0.29) is 23.7 Å². The molecule has 2 rings (SSSR count). The van der Waals surface area contributed by atoms with Gasteiger partial charge >= 0.3 is 0 Å². The monoisotopic (exact) mass is 276 g/mol. The smallest absolute Gasteiger partial charge is 0.243 e. The SMILES string of the molecule is Nc1cc(S(=O)(=O)N2C[C@@H](O)[C@@H](O)C2)ccc1F. The van der Waals surface area contributed by atoms with E-state index in [0.717, 1.165) is 22.5 Å². The molecule has 1 aliphatic rings. The van der Waals surface area contributed by atoms with Gasteiger partial charge in [-0.05, 0) is 18.2 Å². The summed E-state index contributed by atoms with van der Waals surface area (Å²) in [5.74, 6) is -0.699. The van der Waals surface area contributed by atoms with E-state index in [9.17, 15) is 23.0 Å². The first-order valence-corrected chi connectivity index (χ1v) is 6.67. The van der Waals surface area contributed by atoms with Crippen LogP contribution in [0, 0.1) is 5.82 Å². The summed E-state index contributed by atoms with van der Waals surface area (Å²) in [6.45, 7) is -0.387. The molecule has 1 aromatic carbocycles. The summed E-state index contributed by atoms with van der Waals surface area (Å²) in [7, 11) is -3.88. The highest BCUT2D eigenvalue weighted by molar-refractivity contribution is 7.89. The first-order chi connectivity index (χ1) is 8.32. The Kier molecular flexibility index (Phi) is 3.28. The largest absolute Gasteiger partial charge is 0.396 e. The predicted octanol–water partition coefficient (Wildman–Crippen LogP) is -0.866. The van der Waals surface area contributed by atoms with Gasteiger partial charge in [0.05, 0.1) is 22.8 Å². The van der Waals surface area contributed by atoms with Crippen molar-refractivity contribution in [2.75, 3.05) is 18.8 Å². The zero-order valence-electron chi connectivity index (χ0n) is 9.32. The van der Waals surface area contributed by atoms with Gasteiger partial charge in [-0.25, -0.2) is 12.8 Å². The molecule has 0 bridgehead atoms. The van der Waals surface area contributed by atoms with Gasteiger partial charge in [0, 0.05) is 13.1 Å². The minimum absolute atomic E-state index is 0.164. The third kappa shape index (κ3) is 2.19. The summed E-state index contributed by atoms with van der Waals surface area (Å²) < 4.78 is 38.1. The van der Waals surface area contributed by atoms with Crippen molar-refractivity contribution in [2.24, 2.45) is 0 Å². The first-order valence-electron chi connectivity index (χ1n) is 5.23. The van der Waals surface area contributed by atoms with E-state index < -0.39 is 28.0 Å². The average molecular weight is 276 g/mol. The molecule has 8 heteroatoms.